The second kappa shape index (κ2) is 10.8. The summed E-state index contributed by atoms with van der Waals surface area (Å²) in [5.74, 6) is 5.16. The molecule has 0 radical (unpaired) electrons. The molecule has 2 atom stereocenters. The molecule has 3 aliphatic heterocycles. The maximum Gasteiger partial charge on any atom is 0.232 e. The van der Waals surface area contributed by atoms with Crippen LogP contribution >= 0.6 is 12.2 Å². The molecule has 0 aliphatic carbocycles. The summed E-state index contributed by atoms with van der Waals surface area (Å²) < 4.78 is 16.8. The Bertz CT molecular complexity index is 1040. The Morgan fingerprint density at radius 2 is 1.63 bits per heavy atom. The van der Waals surface area contributed by atoms with Crippen LogP contribution in [0.1, 0.15) is 25.8 Å². The van der Waals surface area contributed by atoms with Crippen molar-refractivity contribution in [2.75, 3.05) is 67.7 Å². The zero-order chi connectivity index (χ0) is 24.2. The summed E-state index contributed by atoms with van der Waals surface area (Å²) in [4.78, 5) is 14.3. The van der Waals surface area contributed by atoms with Crippen molar-refractivity contribution in [2.45, 2.75) is 26.8 Å². The van der Waals surface area contributed by atoms with E-state index in [1.54, 1.807) is 0 Å². The molecule has 2 aromatic rings. The molecule has 0 unspecified atom stereocenters. The number of hydrogen-bond donors (Lipinski definition) is 2. The largest absolute Gasteiger partial charge is 0.486 e. The quantitative estimate of drug-likeness (QED) is 0.600. The van der Waals surface area contributed by atoms with E-state index >= 15 is 0 Å². The minimum Gasteiger partial charge on any atom is -0.486 e. The monoisotopic (exact) mass is 498 g/mol. The van der Waals surface area contributed by atoms with E-state index < -0.39 is 0 Å². The smallest absolute Gasteiger partial charge is 0.232 e. The van der Waals surface area contributed by atoms with Gasteiger partial charge in [0.15, 0.2) is 16.6 Å². The lowest BCUT2D eigenvalue weighted by Crippen LogP contribution is -2.40. The molecule has 10 heteroatoms. The van der Waals surface area contributed by atoms with E-state index in [1.165, 1.54) is 6.42 Å². The number of rotatable bonds is 5. The van der Waals surface area contributed by atoms with E-state index in [2.05, 4.69) is 40.3 Å². The van der Waals surface area contributed by atoms with E-state index in [0.29, 0.717) is 55.9 Å². The summed E-state index contributed by atoms with van der Waals surface area (Å²) in [7, 11) is 0. The van der Waals surface area contributed by atoms with E-state index in [0.717, 1.165) is 54.9 Å². The highest BCUT2D eigenvalue weighted by molar-refractivity contribution is 7.80. The maximum absolute atomic E-state index is 5.68. The molecule has 0 saturated carbocycles. The van der Waals surface area contributed by atoms with Crippen LogP contribution < -0.4 is 29.9 Å². The number of fused-ring (bicyclic) bond motifs is 1. The van der Waals surface area contributed by atoms with E-state index in [1.807, 2.05) is 18.2 Å². The van der Waals surface area contributed by atoms with Crippen LogP contribution in [-0.2, 0) is 11.3 Å². The zero-order valence-electron chi connectivity index (χ0n) is 20.5. The number of ether oxygens (including phenoxy) is 3. The van der Waals surface area contributed by atoms with Gasteiger partial charge in [-0.15, -0.1) is 0 Å². The first-order valence-electron chi connectivity index (χ1n) is 12.4. The third kappa shape index (κ3) is 6.05. The van der Waals surface area contributed by atoms with Crippen LogP contribution in [0.25, 0.3) is 0 Å². The number of nitrogens with zero attached hydrogens (tertiary/aromatic N) is 4. The Balaban J connectivity index is 1.29. The van der Waals surface area contributed by atoms with E-state index in [9.17, 15) is 0 Å². The van der Waals surface area contributed by atoms with Gasteiger partial charge in [-0.05, 0) is 48.2 Å². The Morgan fingerprint density at radius 1 is 0.943 bits per heavy atom. The molecule has 35 heavy (non-hydrogen) atoms. The zero-order valence-corrected chi connectivity index (χ0v) is 21.3. The van der Waals surface area contributed by atoms with Gasteiger partial charge >= 0.3 is 0 Å². The molecule has 2 N–H and O–H groups in total. The van der Waals surface area contributed by atoms with Gasteiger partial charge in [0.25, 0.3) is 0 Å². The second-order valence-corrected chi connectivity index (χ2v) is 10.1. The highest BCUT2D eigenvalue weighted by atomic mass is 32.1. The number of hydrogen-bond acceptors (Lipinski definition) is 8. The van der Waals surface area contributed by atoms with Crippen LogP contribution in [0.4, 0.5) is 17.6 Å². The summed E-state index contributed by atoms with van der Waals surface area (Å²) >= 11 is 5.59. The number of anilines is 3. The van der Waals surface area contributed by atoms with Gasteiger partial charge in [-0.2, -0.15) is 9.97 Å². The molecule has 3 aliphatic rings. The fraction of sp³-hybridized carbons (Fsp3) is 0.560. The average molecular weight is 499 g/mol. The van der Waals surface area contributed by atoms with Crippen molar-refractivity contribution in [1.82, 2.24) is 15.3 Å². The Morgan fingerprint density at radius 3 is 2.37 bits per heavy atom. The topological polar surface area (TPSA) is 84.0 Å². The lowest BCUT2D eigenvalue weighted by molar-refractivity contribution is 0.122. The van der Waals surface area contributed by atoms with Crippen molar-refractivity contribution in [3.8, 4) is 11.5 Å². The molecule has 0 amide bonds. The van der Waals surface area contributed by atoms with Crippen LogP contribution in [0.3, 0.4) is 0 Å². The van der Waals surface area contributed by atoms with Crippen molar-refractivity contribution >= 4 is 34.9 Å². The summed E-state index contributed by atoms with van der Waals surface area (Å²) in [5.41, 5.74) is 1.05. The van der Waals surface area contributed by atoms with Gasteiger partial charge in [0.2, 0.25) is 5.95 Å². The van der Waals surface area contributed by atoms with Crippen molar-refractivity contribution in [2.24, 2.45) is 11.8 Å². The molecule has 1 aromatic heterocycles. The number of morpholine rings is 1. The molecule has 0 spiro atoms. The SMILES string of the molecule is C[C@@H]1C[C@@H](C)CN(c2cc(N3CCOCC3)nc(NC(=S)NCc3ccc4c(c3)OCCO4)n2)C1. The van der Waals surface area contributed by atoms with Crippen molar-refractivity contribution < 1.29 is 14.2 Å². The molecule has 1 aromatic carbocycles. The minimum absolute atomic E-state index is 0.477. The normalized spacial score (nSPS) is 22.0. The molecule has 188 valence electrons. The third-order valence-electron chi connectivity index (χ3n) is 6.51. The first-order valence-corrected chi connectivity index (χ1v) is 12.8. The number of benzene rings is 1. The second-order valence-electron chi connectivity index (χ2n) is 9.64. The van der Waals surface area contributed by atoms with Crippen molar-refractivity contribution in [3.05, 3.63) is 29.8 Å². The molecular formula is C25H34N6O3S. The lowest BCUT2D eigenvalue weighted by atomic mass is 9.92. The van der Waals surface area contributed by atoms with Crippen LogP contribution in [0.15, 0.2) is 24.3 Å². The van der Waals surface area contributed by atoms with Crippen LogP contribution in [0.2, 0.25) is 0 Å². The van der Waals surface area contributed by atoms with Gasteiger partial charge in [0, 0.05) is 38.8 Å². The van der Waals surface area contributed by atoms with Gasteiger partial charge < -0.3 is 34.6 Å². The van der Waals surface area contributed by atoms with E-state index in [-0.39, 0.29) is 0 Å². The van der Waals surface area contributed by atoms with Crippen LogP contribution in [0.5, 0.6) is 11.5 Å². The van der Waals surface area contributed by atoms with Gasteiger partial charge in [0.1, 0.15) is 24.8 Å². The Kier molecular flexibility index (Phi) is 7.38. The Labute approximate surface area is 212 Å². The summed E-state index contributed by atoms with van der Waals surface area (Å²) in [5, 5.41) is 6.95. The molecule has 5 rings (SSSR count). The first-order chi connectivity index (χ1) is 17.0. The van der Waals surface area contributed by atoms with Crippen molar-refractivity contribution in [3.63, 3.8) is 0 Å². The Hall–Kier alpha value is -2.85. The molecule has 4 heterocycles. The van der Waals surface area contributed by atoms with Gasteiger partial charge in [-0.3, -0.25) is 0 Å². The number of thiocarbonyl (C=S) groups is 1. The molecular weight excluding hydrogens is 464 g/mol. The first kappa shape index (κ1) is 23.9. The number of aromatic nitrogens is 2. The summed E-state index contributed by atoms with van der Waals surface area (Å²) in [6.45, 7) is 11.4. The minimum atomic E-state index is 0.477. The number of nitrogens with one attached hydrogen (secondary N) is 2. The highest BCUT2D eigenvalue weighted by Gasteiger charge is 2.25. The predicted octanol–water partition coefficient (Wildman–Crippen LogP) is 3.05. The van der Waals surface area contributed by atoms with Crippen LogP contribution in [-0.4, -0.2) is 67.7 Å². The fourth-order valence-electron chi connectivity index (χ4n) is 4.97. The standard InChI is InChI=1S/C25H34N6O3S/c1-17-11-18(2)16-31(15-17)23-13-22(30-5-7-32-8-6-30)27-24(28-23)29-25(35)26-14-19-3-4-20-21(12-19)34-10-9-33-20/h3-4,12-13,17-18H,5-11,14-16H2,1-2H3,(H2,26,27,28,29,35)/t17-,18-/m1/s1. The predicted molar refractivity (Wildman–Crippen MR) is 141 cm³/mol. The average Bonchev–Trinajstić information content (AvgIpc) is 2.87. The maximum atomic E-state index is 5.68. The highest BCUT2D eigenvalue weighted by Crippen LogP contribution is 2.31. The fourth-order valence-corrected chi connectivity index (χ4v) is 5.13. The molecule has 9 nitrogen and oxygen atoms in total. The van der Waals surface area contributed by atoms with Gasteiger partial charge in [-0.25, -0.2) is 0 Å². The van der Waals surface area contributed by atoms with Gasteiger partial charge in [0.05, 0.1) is 13.2 Å². The van der Waals surface area contributed by atoms with Crippen molar-refractivity contribution in [1.29, 1.82) is 0 Å². The van der Waals surface area contributed by atoms with E-state index in [4.69, 9.17) is 36.4 Å². The molecule has 2 saturated heterocycles. The molecule has 0 bridgehead atoms. The van der Waals surface area contributed by atoms with Crippen LogP contribution in [0, 0.1) is 11.8 Å². The lowest BCUT2D eigenvalue weighted by Gasteiger charge is -2.36. The summed E-state index contributed by atoms with van der Waals surface area (Å²) in [6, 6.07) is 8.03. The van der Waals surface area contributed by atoms with Gasteiger partial charge in [-0.1, -0.05) is 19.9 Å². The number of piperidine rings is 1. The third-order valence-corrected chi connectivity index (χ3v) is 6.76. The molecule has 2 fully saturated rings. The summed E-state index contributed by atoms with van der Waals surface area (Å²) in [6.07, 6.45) is 1.25.